The molecule has 2 unspecified atom stereocenters. The van der Waals surface area contributed by atoms with Gasteiger partial charge in [0, 0.05) is 11.3 Å². The topological polar surface area (TPSA) is 49.4 Å². The minimum atomic E-state index is -0.337. The average Bonchev–Trinajstić information content (AvgIpc) is 2.50. The highest BCUT2D eigenvalue weighted by atomic mass is 32.2. The Bertz CT molecular complexity index is 394. The van der Waals surface area contributed by atoms with E-state index in [4.69, 9.17) is 0 Å². The van der Waals surface area contributed by atoms with Crippen LogP contribution < -0.4 is 5.32 Å². The highest BCUT2D eigenvalue weighted by Crippen LogP contribution is 2.40. The van der Waals surface area contributed by atoms with Crippen LogP contribution in [0.3, 0.4) is 0 Å². The van der Waals surface area contributed by atoms with E-state index in [0.717, 1.165) is 32.2 Å². The smallest absolute Gasteiger partial charge is 0.245 e. The molecule has 2 aliphatic rings. The first kappa shape index (κ1) is 16.7. The highest BCUT2D eigenvalue weighted by molar-refractivity contribution is 8.00. The molecular formula is C16H28N2O2S. The van der Waals surface area contributed by atoms with Gasteiger partial charge in [-0.2, -0.15) is 11.8 Å². The Morgan fingerprint density at radius 3 is 2.52 bits per heavy atom. The fraction of sp³-hybridized carbons (Fsp3) is 0.875. The van der Waals surface area contributed by atoms with Gasteiger partial charge in [0.05, 0.1) is 0 Å². The van der Waals surface area contributed by atoms with Gasteiger partial charge in [0.15, 0.2) is 0 Å². The maximum atomic E-state index is 12.7. The first-order valence-corrected chi connectivity index (χ1v) is 9.41. The second-order valence-electron chi connectivity index (χ2n) is 6.44. The second kappa shape index (κ2) is 7.03. The Labute approximate surface area is 132 Å². The highest BCUT2D eigenvalue weighted by Gasteiger charge is 2.42. The summed E-state index contributed by atoms with van der Waals surface area (Å²) < 4.78 is 0.149. The predicted molar refractivity (Wildman–Crippen MR) is 87.3 cm³/mol. The van der Waals surface area contributed by atoms with Gasteiger partial charge < -0.3 is 10.2 Å². The predicted octanol–water partition coefficient (Wildman–Crippen LogP) is 2.57. The molecule has 0 radical (unpaired) electrons. The van der Waals surface area contributed by atoms with Gasteiger partial charge in [0.25, 0.3) is 0 Å². The van der Waals surface area contributed by atoms with Gasteiger partial charge in [0.1, 0.15) is 12.1 Å². The Balaban J connectivity index is 2.14. The van der Waals surface area contributed by atoms with Crippen molar-refractivity contribution in [3.05, 3.63) is 0 Å². The van der Waals surface area contributed by atoms with E-state index in [2.05, 4.69) is 11.6 Å². The molecular weight excluding hydrogens is 284 g/mol. The Hall–Kier alpha value is -0.710. The monoisotopic (exact) mass is 312 g/mol. The summed E-state index contributed by atoms with van der Waals surface area (Å²) in [5.74, 6) is 0.114. The summed E-state index contributed by atoms with van der Waals surface area (Å²) in [7, 11) is 0. The summed E-state index contributed by atoms with van der Waals surface area (Å²) in [5, 5.41) is 2.88. The molecule has 0 aromatic rings. The summed E-state index contributed by atoms with van der Waals surface area (Å²) >= 11 is 1.88. The van der Waals surface area contributed by atoms with E-state index in [-0.39, 0.29) is 28.6 Å². The van der Waals surface area contributed by atoms with Crippen LogP contribution in [0.15, 0.2) is 0 Å². The number of nitrogens with one attached hydrogen (secondary N) is 1. The molecule has 1 N–H and O–H groups in total. The lowest BCUT2D eigenvalue weighted by molar-refractivity contribution is -0.149. The summed E-state index contributed by atoms with van der Waals surface area (Å²) in [6, 6.07) is -0.655. The van der Waals surface area contributed by atoms with Crippen molar-refractivity contribution in [3.63, 3.8) is 0 Å². The van der Waals surface area contributed by atoms with Gasteiger partial charge in [0.2, 0.25) is 11.8 Å². The molecule has 2 fully saturated rings. The molecule has 2 rings (SSSR count). The van der Waals surface area contributed by atoms with Crippen LogP contribution in [-0.2, 0) is 9.59 Å². The number of hydrogen-bond acceptors (Lipinski definition) is 3. The number of nitrogens with zero attached hydrogens (tertiary/aromatic N) is 1. The molecule has 4 nitrogen and oxygen atoms in total. The van der Waals surface area contributed by atoms with Crippen molar-refractivity contribution in [1.82, 2.24) is 10.2 Å². The van der Waals surface area contributed by atoms with Gasteiger partial charge in [-0.15, -0.1) is 0 Å². The van der Waals surface area contributed by atoms with E-state index in [1.165, 1.54) is 19.3 Å². The minimum absolute atomic E-state index is 0.000104. The lowest BCUT2D eigenvalue weighted by atomic mass is 9.87. The first-order chi connectivity index (χ1) is 10.0. The van der Waals surface area contributed by atoms with Crippen LogP contribution in [-0.4, -0.2) is 46.3 Å². The second-order valence-corrected chi connectivity index (χ2v) is 7.71. The standard InChI is InChI=1S/C16H28N2O2S/c1-4-8-13-15(20)18(12(2)14(19)17-13)11-16(21-3)9-6-5-7-10-16/h12-13H,4-11H2,1-3H3,(H,17,19). The van der Waals surface area contributed by atoms with Crippen LogP contribution in [0, 0.1) is 0 Å². The summed E-state index contributed by atoms with van der Waals surface area (Å²) in [6.45, 7) is 4.63. The number of carbonyl (C=O) groups excluding carboxylic acids is 2. The molecule has 5 heteroatoms. The van der Waals surface area contributed by atoms with Gasteiger partial charge in [-0.05, 0) is 32.4 Å². The van der Waals surface area contributed by atoms with E-state index in [0.29, 0.717) is 0 Å². The molecule has 2 atom stereocenters. The molecule has 2 amide bonds. The van der Waals surface area contributed by atoms with Crippen molar-refractivity contribution >= 4 is 23.6 Å². The fourth-order valence-electron chi connectivity index (χ4n) is 3.52. The van der Waals surface area contributed by atoms with Crippen molar-refractivity contribution in [3.8, 4) is 0 Å². The van der Waals surface area contributed by atoms with Gasteiger partial charge >= 0.3 is 0 Å². The average molecular weight is 312 g/mol. The normalized spacial score (nSPS) is 29.4. The van der Waals surface area contributed by atoms with Crippen LogP contribution in [0.1, 0.15) is 58.8 Å². The molecule has 0 spiro atoms. The zero-order chi connectivity index (χ0) is 15.5. The zero-order valence-electron chi connectivity index (χ0n) is 13.5. The van der Waals surface area contributed by atoms with Crippen molar-refractivity contribution < 1.29 is 9.59 Å². The fourth-order valence-corrected chi connectivity index (χ4v) is 4.48. The molecule has 0 bridgehead atoms. The number of amides is 2. The number of thioether (sulfide) groups is 1. The summed E-state index contributed by atoms with van der Waals surface area (Å²) in [4.78, 5) is 26.7. The van der Waals surface area contributed by atoms with E-state index < -0.39 is 0 Å². The van der Waals surface area contributed by atoms with E-state index in [1.807, 2.05) is 30.5 Å². The summed E-state index contributed by atoms with van der Waals surface area (Å²) in [6.07, 6.45) is 9.88. The molecule has 0 aromatic carbocycles. The van der Waals surface area contributed by atoms with E-state index in [1.54, 1.807) is 0 Å². The Morgan fingerprint density at radius 2 is 1.95 bits per heavy atom. The maximum Gasteiger partial charge on any atom is 0.245 e. The molecule has 1 aliphatic heterocycles. The zero-order valence-corrected chi connectivity index (χ0v) is 14.3. The van der Waals surface area contributed by atoms with Crippen molar-refractivity contribution in [1.29, 1.82) is 0 Å². The lowest BCUT2D eigenvalue weighted by Gasteiger charge is -2.44. The van der Waals surface area contributed by atoms with Crippen molar-refractivity contribution in [2.45, 2.75) is 75.6 Å². The third-order valence-corrected chi connectivity index (χ3v) is 6.38. The van der Waals surface area contributed by atoms with Crippen molar-refractivity contribution in [2.75, 3.05) is 12.8 Å². The summed E-state index contributed by atoms with van der Waals surface area (Å²) in [5.41, 5.74) is 0. The van der Waals surface area contributed by atoms with Gasteiger partial charge in [-0.3, -0.25) is 9.59 Å². The van der Waals surface area contributed by atoms with Crippen molar-refractivity contribution in [2.24, 2.45) is 0 Å². The van der Waals surface area contributed by atoms with Crippen LogP contribution in [0.5, 0.6) is 0 Å². The first-order valence-electron chi connectivity index (χ1n) is 8.19. The Kier molecular flexibility index (Phi) is 5.58. The van der Waals surface area contributed by atoms with E-state index >= 15 is 0 Å². The van der Waals surface area contributed by atoms with E-state index in [9.17, 15) is 9.59 Å². The molecule has 1 aliphatic carbocycles. The van der Waals surface area contributed by atoms with Gasteiger partial charge in [-0.25, -0.2) is 0 Å². The van der Waals surface area contributed by atoms with Gasteiger partial charge in [-0.1, -0.05) is 32.6 Å². The lowest BCUT2D eigenvalue weighted by Crippen LogP contribution is -2.64. The maximum absolute atomic E-state index is 12.7. The SMILES string of the molecule is CCCC1NC(=O)C(C)N(CC2(SC)CCCCC2)C1=O. The quantitative estimate of drug-likeness (QED) is 0.849. The number of rotatable bonds is 5. The number of carbonyl (C=O) groups is 2. The van der Waals surface area contributed by atoms with Crippen LogP contribution in [0.4, 0.5) is 0 Å². The van der Waals surface area contributed by atoms with Crippen LogP contribution in [0.25, 0.3) is 0 Å². The molecule has 1 saturated carbocycles. The molecule has 1 heterocycles. The third-order valence-electron chi connectivity index (χ3n) is 4.98. The Morgan fingerprint density at radius 1 is 1.29 bits per heavy atom. The molecule has 0 aromatic heterocycles. The number of hydrogen-bond donors (Lipinski definition) is 1. The molecule has 1 saturated heterocycles. The third kappa shape index (κ3) is 3.55. The minimum Gasteiger partial charge on any atom is -0.343 e. The largest absolute Gasteiger partial charge is 0.343 e. The molecule has 120 valence electrons. The molecule has 21 heavy (non-hydrogen) atoms. The number of piperazine rings is 1. The van der Waals surface area contributed by atoms with Crippen LogP contribution in [0.2, 0.25) is 0 Å². The van der Waals surface area contributed by atoms with Crippen LogP contribution >= 0.6 is 11.8 Å².